The van der Waals surface area contributed by atoms with Crippen LogP contribution in [0.2, 0.25) is 0 Å². The van der Waals surface area contributed by atoms with Gasteiger partial charge in [-0.15, -0.1) is 17.9 Å². The third kappa shape index (κ3) is 10.2. The van der Waals surface area contributed by atoms with Crippen LogP contribution in [0.4, 0.5) is 13.6 Å². The number of halogens is 2. The largest absolute Gasteiger partial charge is 0.490 e. The number of thiophene rings is 1. The van der Waals surface area contributed by atoms with E-state index in [-0.39, 0.29) is 36.5 Å². The number of hydrogen-bond acceptors (Lipinski definition) is 7. The van der Waals surface area contributed by atoms with Gasteiger partial charge in [-0.2, -0.15) is 5.10 Å². The highest BCUT2D eigenvalue weighted by Crippen LogP contribution is 2.47. The van der Waals surface area contributed by atoms with Crippen molar-refractivity contribution >= 4 is 27.5 Å². The predicted molar refractivity (Wildman–Crippen MR) is 209 cm³/mol. The molecule has 52 heavy (non-hydrogen) atoms. The van der Waals surface area contributed by atoms with Crippen molar-refractivity contribution in [3.8, 4) is 28.3 Å². The molecule has 0 N–H and O–H groups in total. The van der Waals surface area contributed by atoms with Crippen LogP contribution >= 0.6 is 11.3 Å². The molecule has 3 aromatic heterocycles. The maximum atomic E-state index is 16.1. The van der Waals surface area contributed by atoms with Gasteiger partial charge in [0, 0.05) is 40.8 Å². The second-order valence-corrected chi connectivity index (χ2v) is 14.5. The van der Waals surface area contributed by atoms with Crippen molar-refractivity contribution in [3.63, 3.8) is 0 Å². The molecule has 0 aliphatic carbocycles. The molecule has 1 aromatic carbocycles. The first-order valence-electron chi connectivity index (χ1n) is 18.5. The Hall–Kier alpha value is -3.83. The summed E-state index contributed by atoms with van der Waals surface area (Å²) >= 11 is 1.48. The highest BCUT2D eigenvalue weighted by molar-refractivity contribution is 7.17. The lowest BCUT2D eigenvalue weighted by Gasteiger charge is -2.35. The van der Waals surface area contributed by atoms with E-state index in [2.05, 4.69) is 13.5 Å². The number of carbonyl (C=O) groups is 1. The maximum absolute atomic E-state index is 16.1. The van der Waals surface area contributed by atoms with Crippen molar-refractivity contribution < 1.29 is 27.8 Å². The third-order valence-electron chi connectivity index (χ3n) is 8.43. The van der Waals surface area contributed by atoms with E-state index in [0.717, 1.165) is 58.8 Å². The Morgan fingerprint density at radius 3 is 2.44 bits per heavy atom. The Kier molecular flexibility index (Phi) is 15.8. The van der Waals surface area contributed by atoms with Crippen LogP contribution in [-0.2, 0) is 22.6 Å². The zero-order valence-corrected chi connectivity index (χ0v) is 33.8. The number of benzene rings is 1. The number of carbonyl (C=O) groups excluding carboxylic acids is 1. The lowest BCUT2D eigenvalue weighted by Crippen LogP contribution is -2.46. The van der Waals surface area contributed by atoms with Gasteiger partial charge in [-0.25, -0.2) is 18.6 Å². The molecular formula is C41H58F2N4O4S. The molecule has 11 heteroatoms. The number of methoxy groups -OCH3 is 1. The van der Waals surface area contributed by atoms with Crippen molar-refractivity contribution in [2.45, 2.75) is 126 Å². The fourth-order valence-corrected chi connectivity index (χ4v) is 7.16. The molecule has 1 aliphatic heterocycles. The van der Waals surface area contributed by atoms with Crippen molar-refractivity contribution in [3.05, 3.63) is 64.8 Å². The Bertz CT molecular complexity index is 1800. The number of allylic oxidation sites excluding steroid dienone is 1. The molecule has 2 atom stereocenters. The third-order valence-corrected chi connectivity index (χ3v) is 9.36. The minimum atomic E-state index is -0.756. The molecule has 0 saturated carbocycles. The molecule has 2 unspecified atom stereocenters. The van der Waals surface area contributed by atoms with Crippen LogP contribution in [0.3, 0.4) is 0 Å². The molecule has 0 fully saturated rings. The van der Waals surface area contributed by atoms with E-state index >= 15 is 4.39 Å². The summed E-state index contributed by atoms with van der Waals surface area (Å²) in [5.74, 6) is -1.30. The summed E-state index contributed by atoms with van der Waals surface area (Å²) in [4.78, 5) is 20.2. The van der Waals surface area contributed by atoms with Gasteiger partial charge in [0.15, 0.2) is 0 Å². The Labute approximate surface area is 313 Å². The van der Waals surface area contributed by atoms with Gasteiger partial charge in [0.05, 0.1) is 42.7 Å². The minimum Gasteiger partial charge on any atom is -0.490 e. The van der Waals surface area contributed by atoms with Crippen LogP contribution in [0.25, 0.3) is 32.6 Å². The molecule has 0 radical (unpaired) electrons. The van der Waals surface area contributed by atoms with E-state index in [0.29, 0.717) is 30.0 Å². The van der Waals surface area contributed by atoms with Gasteiger partial charge in [0.1, 0.15) is 41.0 Å². The number of amides is 1. The van der Waals surface area contributed by atoms with Crippen molar-refractivity contribution in [1.29, 1.82) is 0 Å². The zero-order valence-electron chi connectivity index (χ0n) is 33.0. The summed E-state index contributed by atoms with van der Waals surface area (Å²) in [6.07, 6.45) is 3.22. The summed E-state index contributed by atoms with van der Waals surface area (Å²) in [6, 6.07) is 5.85. The number of nitrogens with zero attached hydrogens (tertiary/aromatic N) is 4. The fraction of sp³-hybridized carbons (Fsp3) is 0.537. The van der Waals surface area contributed by atoms with Gasteiger partial charge in [-0.3, -0.25) is 9.58 Å². The van der Waals surface area contributed by atoms with Gasteiger partial charge in [-0.05, 0) is 71.4 Å². The van der Waals surface area contributed by atoms with Crippen LogP contribution in [0.1, 0.15) is 112 Å². The average molecular weight is 741 g/mol. The van der Waals surface area contributed by atoms with E-state index in [1.807, 2.05) is 84.5 Å². The van der Waals surface area contributed by atoms with Crippen molar-refractivity contribution in [1.82, 2.24) is 19.7 Å². The first kappa shape index (κ1) is 42.6. The first-order valence-corrected chi connectivity index (χ1v) is 19.4. The average Bonchev–Trinajstić information content (AvgIpc) is 3.74. The van der Waals surface area contributed by atoms with Crippen LogP contribution in [0, 0.1) is 11.6 Å². The standard InChI is InChI=1S/C37H46F2N4O4S.2C2H6/c1-9-10-24(12-11-22(2)3)33-27-13-16-48-35(27)32(31-28(39)17-25(38)18-30(31)46-15-14-45-8)34(40-33)29-19-26-21-42(23(4)20-43(26)41-29)36(44)47-37(5,6)7;2*1-2/h13,16-19,23-24H,2,9-12,14-15,20-21H2,1,3-8H3;2*1-2H3. The van der Waals surface area contributed by atoms with Gasteiger partial charge < -0.3 is 14.2 Å². The number of ether oxygens (including phenoxy) is 3. The summed E-state index contributed by atoms with van der Waals surface area (Å²) in [5, 5.41) is 7.91. The van der Waals surface area contributed by atoms with Crippen LogP contribution in [-0.4, -0.2) is 57.7 Å². The second kappa shape index (κ2) is 19.3. The number of hydrogen-bond donors (Lipinski definition) is 0. The number of rotatable bonds is 12. The SMILES string of the molecule is C=C(C)CCC(CCC)c1nc(-c2cc3n(n2)CC(C)N(C(=O)OC(C)(C)C)C3)c(-c2c(F)cc(F)cc2OCCOC)c2sccc12.CC.CC. The van der Waals surface area contributed by atoms with E-state index in [1.165, 1.54) is 24.5 Å². The molecule has 286 valence electrons. The summed E-state index contributed by atoms with van der Waals surface area (Å²) < 4.78 is 50.3. The van der Waals surface area contributed by atoms with Crippen molar-refractivity contribution in [2.75, 3.05) is 20.3 Å². The maximum Gasteiger partial charge on any atom is 0.410 e. The van der Waals surface area contributed by atoms with E-state index < -0.39 is 23.3 Å². The highest BCUT2D eigenvalue weighted by Gasteiger charge is 2.33. The smallest absolute Gasteiger partial charge is 0.410 e. The first-order chi connectivity index (χ1) is 24.8. The molecular weight excluding hydrogens is 683 g/mol. The van der Waals surface area contributed by atoms with Crippen LogP contribution < -0.4 is 4.74 Å². The number of fused-ring (bicyclic) bond motifs is 2. The lowest BCUT2D eigenvalue weighted by atomic mass is 9.89. The molecule has 0 spiro atoms. The van der Waals surface area contributed by atoms with Gasteiger partial charge in [0.25, 0.3) is 0 Å². The van der Waals surface area contributed by atoms with E-state index in [9.17, 15) is 9.18 Å². The molecule has 0 saturated heterocycles. The predicted octanol–water partition coefficient (Wildman–Crippen LogP) is 11.6. The molecule has 8 nitrogen and oxygen atoms in total. The molecule has 0 bridgehead atoms. The fourth-order valence-electron chi connectivity index (χ4n) is 6.21. The van der Waals surface area contributed by atoms with Gasteiger partial charge >= 0.3 is 6.09 Å². The number of aromatic nitrogens is 3. The second-order valence-electron chi connectivity index (χ2n) is 13.6. The molecule has 4 heterocycles. The quantitative estimate of drug-likeness (QED) is 0.106. The lowest BCUT2D eigenvalue weighted by molar-refractivity contribution is 0.00907. The Morgan fingerprint density at radius 1 is 1.10 bits per heavy atom. The summed E-state index contributed by atoms with van der Waals surface area (Å²) in [6.45, 7) is 24.9. The van der Waals surface area contributed by atoms with Crippen molar-refractivity contribution in [2.24, 2.45) is 0 Å². The molecule has 1 aliphatic rings. The highest BCUT2D eigenvalue weighted by atomic mass is 32.1. The van der Waals surface area contributed by atoms with Gasteiger partial charge in [-0.1, -0.05) is 46.6 Å². The monoisotopic (exact) mass is 740 g/mol. The Balaban J connectivity index is 0.00000176. The topological polar surface area (TPSA) is 78.7 Å². The van der Waals surface area contributed by atoms with Crippen LogP contribution in [0.5, 0.6) is 5.75 Å². The van der Waals surface area contributed by atoms with Crippen LogP contribution in [0.15, 0.2) is 41.8 Å². The Morgan fingerprint density at radius 2 is 1.81 bits per heavy atom. The molecule has 5 rings (SSSR count). The molecule has 4 aromatic rings. The molecule has 1 amide bonds. The normalized spacial score (nSPS) is 14.5. The zero-order chi connectivity index (χ0) is 38.7. The summed E-state index contributed by atoms with van der Waals surface area (Å²) in [7, 11) is 1.54. The number of pyridine rings is 1. The minimum absolute atomic E-state index is 0.0659. The van der Waals surface area contributed by atoms with E-state index in [4.69, 9.17) is 24.3 Å². The van der Waals surface area contributed by atoms with Gasteiger partial charge in [0.2, 0.25) is 0 Å². The summed E-state index contributed by atoms with van der Waals surface area (Å²) in [5.41, 5.74) is 3.84. The van der Waals surface area contributed by atoms with E-state index in [1.54, 1.807) is 4.90 Å².